The van der Waals surface area contributed by atoms with E-state index in [2.05, 4.69) is 15.3 Å². The number of hydrogen-bond donors (Lipinski definition) is 2. The minimum Gasteiger partial charge on any atom is -0.358 e. The Bertz CT molecular complexity index is 852. The van der Waals surface area contributed by atoms with Gasteiger partial charge in [-0.25, -0.2) is 0 Å². The molecule has 116 valence electrons. The van der Waals surface area contributed by atoms with Gasteiger partial charge in [-0.3, -0.25) is 9.78 Å². The summed E-state index contributed by atoms with van der Waals surface area (Å²) in [4.78, 5) is 20.0. The van der Waals surface area contributed by atoms with Crippen LogP contribution in [0.4, 0.5) is 0 Å². The number of H-pyrrole nitrogens is 1. The van der Waals surface area contributed by atoms with Crippen molar-refractivity contribution in [1.29, 1.82) is 0 Å². The number of amides is 1. The van der Waals surface area contributed by atoms with Crippen molar-refractivity contribution in [2.45, 2.75) is 32.2 Å². The van der Waals surface area contributed by atoms with E-state index in [1.54, 1.807) is 12.4 Å². The quantitative estimate of drug-likeness (QED) is 0.779. The van der Waals surface area contributed by atoms with E-state index >= 15 is 0 Å². The van der Waals surface area contributed by atoms with Crippen molar-refractivity contribution < 1.29 is 4.79 Å². The average Bonchev–Trinajstić information content (AvgIpc) is 2.98. The molecule has 0 bridgehead atoms. The molecule has 2 N–H and O–H groups in total. The van der Waals surface area contributed by atoms with Crippen LogP contribution in [0.2, 0.25) is 0 Å². The molecular formula is C19H19N3O. The number of nitrogens with zero attached hydrogens (tertiary/aromatic N) is 1. The van der Waals surface area contributed by atoms with Crippen LogP contribution in [-0.2, 0) is 19.4 Å². The van der Waals surface area contributed by atoms with Crippen molar-refractivity contribution in [1.82, 2.24) is 15.3 Å². The number of aromatic nitrogens is 2. The fourth-order valence-corrected chi connectivity index (χ4v) is 3.33. The molecule has 4 nitrogen and oxygen atoms in total. The third-order valence-electron chi connectivity index (χ3n) is 4.54. The zero-order valence-electron chi connectivity index (χ0n) is 12.9. The van der Waals surface area contributed by atoms with Crippen LogP contribution in [0.25, 0.3) is 10.9 Å². The van der Waals surface area contributed by atoms with E-state index in [0.29, 0.717) is 12.1 Å². The third kappa shape index (κ3) is 2.72. The van der Waals surface area contributed by atoms with Gasteiger partial charge in [0, 0.05) is 41.1 Å². The lowest BCUT2D eigenvalue weighted by molar-refractivity contribution is 0.0951. The highest BCUT2D eigenvalue weighted by molar-refractivity contribution is 5.99. The van der Waals surface area contributed by atoms with Crippen LogP contribution < -0.4 is 5.32 Å². The van der Waals surface area contributed by atoms with E-state index < -0.39 is 0 Å². The first-order valence-corrected chi connectivity index (χ1v) is 8.12. The molecule has 0 unspecified atom stereocenters. The fourth-order valence-electron chi connectivity index (χ4n) is 3.33. The van der Waals surface area contributed by atoms with Crippen LogP contribution in [0.1, 0.15) is 40.0 Å². The Labute approximate surface area is 134 Å². The molecule has 0 atom stereocenters. The van der Waals surface area contributed by atoms with E-state index in [1.165, 1.54) is 29.5 Å². The highest BCUT2D eigenvalue weighted by atomic mass is 16.1. The Morgan fingerprint density at radius 3 is 3.00 bits per heavy atom. The van der Waals surface area contributed by atoms with Crippen molar-refractivity contribution >= 4 is 16.8 Å². The van der Waals surface area contributed by atoms with Gasteiger partial charge in [0.25, 0.3) is 5.91 Å². The normalized spacial score (nSPS) is 13.7. The van der Waals surface area contributed by atoms with Crippen LogP contribution in [0.5, 0.6) is 0 Å². The molecule has 4 heteroatoms. The summed E-state index contributed by atoms with van der Waals surface area (Å²) in [5.41, 5.74) is 5.60. The number of aryl methyl sites for hydroxylation is 2. The Balaban J connectivity index is 1.57. The largest absolute Gasteiger partial charge is 0.358 e. The van der Waals surface area contributed by atoms with Crippen molar-refractivity contribution in [3.05, 3.63) is 65.1 Å². The Hall–Kier alpha value is -2.62. The molecule has 3 aromatic rings. The maximum Gasteiger partial charge on any atom is 0.251 e. The first-order chi connectivity index (χ1) is 11.3. The predicted molar refractivity (Wildman–Crippen MR) is 90.3 cm³/mol. The molecular weight excluding hydrogens is 286 g/mol. The number of rotatable bonds is 3. The summed E-state index contributed by atoms with van der Waals surface area (Å²) >= 11 is 0. The predicted octanol–water partition coefficient (Wildman–Crippen LogP) is 3.37. The summed E-state index contributed by atoms with van der Waals surface area (Å²) in [7, 11) is 0. The van der Waals surface area contributed by atoms with Crippen LogP contribution in [-0.4, -0.2) is 15.9 Å². The first-order valence-electron chi connectivity index (χ1n) is 8.12. The molecule has 1 aliphatic rings. The van der Waals surface area contributed by atoms with Crippen LogP contribution in [0, 0.1) is 0 Å². The van der Waals surface area contributed by atoms with Gasteiger partial charge >= 0.3 is 0 Å². The van der Waals surface area contributed by atoms with Crippen LogP contribution in [0.3, 0.4) is 0 Å². The number of carbonyl (C=O) groups excluding carboxylic acids is 1. The molecule has 0 saturated heterocycles. The summed E-state index contributed by atoms with van der Waals surface area (Å²) in [6.07, 6.45) is 8.21. The fraction of sp³-hybridized carbons (Fsp3) is 0.263. The van der Waals surface area contributed by atoms with Crippen LogP contribution in [0.15, 0.2) is 42.7 Å². The van der Waals surface area contributed by atoms with E-state index in [0.717, 1.165) is 23.9 Å². The van der Waals surface area contributed by atoms with Gasteiger partial charge in [0.2, 0.25) is 0 Å². The summed E-state index contributed by atoms with van der Waals surface area (Å²) in [6.45, 7) is 0.496. The van der Waals surface area contributed by atoms with Gasteiger partial charge in [-0.2, -0.15) is 0 Å². The standard InChI is InChI=1S/C19H19N3O/c23-19(21-12-13-4-3-9-20-11-13)14-7-8-18-16(10-14)15-5-1-2-6-17(15)22-18/h3-4,7-11,22H,1-2,5-6,12H2,(H,21,23). The monoisotopic (exact) mass is 305 g/mol. The lowest BCUT2D eigenvalue weighted by Crippen LogP contribution is -2.22. The Morgan fingerprint density at radius 1 is 1.22 bits per heavy atom. The molecule has 2 heterocycles. The second-order valence-electron chi connectivity index (χ2n) is 6.09. The molecule has 1 amide bonds. The smallest absolute Gasteiger partial charge is 0.251 e. The van der Waals surface area contributed by atoms with Gasteiger partial charge in [-0.1, -0.05) is 6.07 Å². The summed E-state index contributed by atoms with van der Waals surface area (Å²) in [5, 5.41) is 4.17. The lowest BCUT2D eigenvalue weighted by atomic mass is 9.95. The molecule has 4 rings (SSSR count). The lowest BCUT2D eigenvalue weighted by Gasteiger charge is -2.10. The summed E-state index contributed by atoms with van der Waals surface area (Å²) < 4.78 is 0. The van der Waals surface area contributed by atoms with Crippen molar-refractivity contribution in [2.75, 3.05) is 0 Å². The molecule has 0 aliphatic heterocycles. The average molecular weight is 305 g/mol. The SMILES string of the molecule is O=C(NCc1cccnc1)c1ccc2[nH]c3c(c2c1)CCCC3. The molecule has 0 radical (unpaired) electrons. The number of aromatic amines is 1. The van der Waals surface area contributed by atoms with Gasteiger partial charge in [0.05, 0.1) is 0 Å². The minimum absolute atomic E-state index is 0.0403. The highest BCUT2D eigenvalue weighted by Gasteiger charge is 2.16. The van der Waals surface area contributed by atoms with E-state index in [9.17, 15) is 4.79 Å². The number of pyridine rings is 1. The summed E-state index contributed by atoms with van der Waals surface area (Å²) in [5.74, 6) is -0.0403. The Kier molecular flexibility index (Phi) is 3.58. The number of nitrogens with one attached hydrogen (secondary N) is 2. The van der Waals surface area contributed by atoms with E-state index in [-0.39, 0.29) is 5.91 Å². The number of benzene rings is 1. The van der Waals surface area contributed by atoms with Crippen molar-refractivity contribution in [2.24, 2.45) is 0 Å². The Morgan fingerprint density at radius 2 is 2.13 bits per heavy atom. The number of hydrogen-bond acceptors (Lipinski definition) is 2. The van der Waals surface area contributed by atoms with E-state index in [1.807, 2.05) is 30.3 Å². The molecule has 23 heavy (non-hydrogen) atoms. The van der Waals surface area contributed by atoms with Gasteiger partial charge in [0.1, 0.15) is 0 Å². The van der Waals surface area contributed by atoms with Gasteiger partial charge in [-0.15, -0.1) is 0 Å². The molecule has 0 spiro atoms. The van der Waals surface area contributed by atoms with Gasteiger partial charge in [-0.05, 0) is 61.1 Å². The molecule has 2 aromatic heterocycles. The first kappa shape index (κ1) is 14.0. The van der Waals surface area contributed by atoms with E-state index in [4.69, 9.17) is 0 Å². The maximum absolute atomic E-state index is 12.4. The maximum atomic E-state index is 12.4. The number of fused-ring (bicyclic) bond motifs is 3. The molecule has 1 aromatic carbocycles. The molecule has 0 saturated carbocycles. The zero-order chi connectivity index (χ0) is 15.6. The second-order valence-corrected chi connectivity index (χ2v) is 6.09. The summed E-state index contributed by atoms with van der Waals surface area (Å²) in [6, 6.07) is 9.77. The van der Waals surface area contributed by atoms with Crippen LogP contribution >= 0.6 is 0 Å². The number of carbonyl (C=O) groups is 1. The highest BCUT2D eigenvalue weighted by Crippen LogP contribution is 2.29. The molecule has 1 aliphatic carbocycles. The second kappa shape index (κ2) is 5.88. The van der Waals surface area contributed by atoms with Gasteiger partial charge < -0.3 is 10.3 Å². The van der Waals surface area contributed by atoms with Gasteiger partial charge in [0.15, 0.2) is 0 Å². The van der Waals surface area contributed by atoms with Crippen molar-refractivity contribution in [3.8, 4) is 0 Å². The zero-order valence-corrected chi connectivity index (χ0v) is 12.9. The topological polar surface area (TPSA) is 57.8 Å². The molecule has 0 fully saturated rings. The van der Waals surface area contributed by atoms with Crippen molar-refractivity contribution in [3.63, 3.8) is 0 Å². The third-order valence-corrected chi connectivity index (χ3v) is 4.54. The minimum atomic E-state index is -0.0403.